The van der Waals surface area contributed by atoms with E-state index in [0.29, 0.717) is 0 Å². The Morgan fingerprint density at radius 1 is 0.485 bits per heavy atom. The molecule has 2 heterocycles. The lowest BCUT2D eigenvalue weighted by molar-refractivity contribution is 1.16. The number of imidazole rings is 1. The van der Waals surface area contributed by atoms with Crippen LogP contribution in [-0.4, -0.2) is 14.4 Å². The van der Waals surface area contributed by atoms with Gasteiger partial charge in [0.15, 0.2) is 0 Å². The molecule has 3 heteroatoms. The highest BCUT2D eigenvalue weighted by molar-refractivity contribution is 6.25. The number of aromatic nitrogens is 3. The van der Waals surface area contributed by atoms with Crippen molar-refractivity contribution >= 4 is 59.9 Å². The summed E-state index contributed by atoms with van der Waals surface area (Å²) in [5.74, 6) is 0.926. The van der Waals surface area contributed by atoms with Crippen LogP contribution in [-0.2, 0) is 0 Å². The van der Waals surface area contributed by atoms with Crippen LogP contribution < -0.4 is 0 Å². The Morgan fingerprint density at radius 2 is 1.18 bits per heavy atom. The monoisotopic (exact) mass is 419 g/mol. The predicted molar refractivity (Wildman–Crippen MR) is 137 cm³/mol. The van der Waals surface area contributed by atoms with E-state index in [1.807, 2.05) is 12.1 Å². The van der Waals surface area contributed by atoms with E-state index in [0.717, 1.165) is 39.0 Å². The van der Waals surface area contributed by atoms with Gasteiger partial charge in [0.2, 0.25) is 0 Å². The normalized spacial score (nSPS) is 12.2. The zero-order valence-electron chi connectivity index (χ0n) is 17.7. The molecule has 3 nitrogen and oxygen atoms in total. The predicted octanol–water partition coefficient (Wildman–Crippen LogP) is 7.60. The first-order valence-electron chi connectivity index (χ1n) is 11.2. The summed E-state index contributed by atoms with van der Waals surface area (Å²) in [7, 11) is 0. The van der Waals surface area contributed by atoms with Crippen LogP contribution in [0.3, 0.4) is 0 Å². The van der Waals surface area contributed by atoms with Crippen LogP contribution in [0.5, 0.6) is 0 Å². The minimum absolute atomic E-state index is 0.926. The summed E-state index contributed by atoms with van der Waals surface area (Å²) in [6, 6.07) is 36.5. The summed E-state index contributed by atoms with van der Waals surface area (Å²) in [6.45, 7) is 0. The van der Waals surface area contributed by atoms with Crippen LogP contribution in [0.4, 0.5) is 0 Å². The Kier molecular flexibility index (Phi) is 3.14. The molecule has 2 aromatic heterocycles. The fourth-order valence-electron chi connectivity index (χ4n) is 5.46. The third kappa shape index (κ3) is 2.18. The Balaban J connectivity index is 1.61. The van der Waals surface area contributed by atoms with E-state index in [4.69, 9.17) is 9.97 Å². The van der Waals surface area contributed by atoms with Gasteiger partial charge in [-0.15, -0.1) is 0 Å². The Hall–Kier alpha value is -4.50. The van der Waals surface area contributed by atoms with Crippen molar-refractivity contribution in [1.29, 1.82) is 0 Å². The lowest BCUT2D eigenvalue weighted by atomic mass is 9.91. The van der Waals surface area contributed by atoms with Crippen LogP contribution in [0.15, 0.2) is 103 Å². The molecule has 6 aromatic carbocycles. The molecule has 0 radical (unpaired) electrons. The van der Waals surface area contributed by atoms with Gasteiger partial charge >= 0.3 is 0 Å². The second-order valence-corrected chi connectivity index (χ2v) is 8.68. The third-order valence-corrected chi connectivity index (χ3v) is 6.91. The summed E-state index contributed by atoms with van der Waals surface area (Å²) >= 11 is 0. The SMILES string of the molecule is c1cc2ccc3ccc(-c4nc5ccccc5c5nc6ccccc6n45)c4ccc(c1)c2c34. The van der Waals surface area contributed by atoms with Gasteiger partial charge in [0.05, 0.1) is 16.6 Å². The average molecular weight is 419 g/mol. The van der Waals surface area contributed by atoms with Crippen molar-refractivity contribution in [2.75, 3.05) is 0 Å². The van der Waals surface area contributed by atoms with Crippen molar-refractivity contribution < 1.29 is 0 Å². The number of hydrogen-bond acceptors (Lipinski definition) is 2. The van der Waals surface area contributed by atoms with Crippen molar-refractivity contribution in [3.63, 3.8) is 0 Å². The zero-order valence-corrected chi connectivity index (χ0v) is 17.7. The van der Waals surface area contributed by atoms with Gasteiger partial charge in [0.25, 0.3) is 0 Å². The summed E-state index contributed by atoms with van der Waals surface area (Å²) in [5, 5.41) is 8.71. The molecule has 0 aliphatic heterocycles. The van der Waals surface area contributed by atoms with Crippen LogP contribution in [0.25, 0.3) is 71.3 Å². The quantitative estimate of drug-likeness (QED) is 0.256. The van der Waals surface area contributed by atoms with E-state index < -0.39 is 0 Å². The number of nitrogens with zero attached hydrogens (tertiary/aromatic N) is 3. The highest BCUT2D eigenvalue weighted by Crippen LogP contribution is 2.40. The second-order valence-electron chi connectivity index (χ2n) is 8.68. The molecule has 0 atom stereocenters. The topological polar surface area (TPSA) is 30.2 Å². The molecule has 0 amide bonds. The lowest BCUT2D eigenvalue weighted by Crippen LogP contribution is -1.99. The number of benzene rings is 6. The molecule has 8 aromatic rings. The van der Waals surface area contributed by atoms with Gasteiger partial charge in [0.1, 0.15) is 11.5 Å². The zero-order chi connectivity index (χ0) is 21.5. The van der Waals surface area contributed by atoms with Gasteiger partial charge in [-0.2, -0.15) is 0 Å². The van der Waals surface area contributed by atoms with Crippen molar-refractivity contribution in [3.8, 4) is 11.4 Å². The van der Waals surface area contributed by atoms with Crippen LogP contribution in [0.1, 0.15) is 0 Å². The van der Waals surface area contributed by atoms with Gasteiger partial charge < -0.3 is 0 Å². The molecular formula is C30H17N3. The number of fused-ring (bicyclic) bond motifs is 5. The number of para-hydroxylation sites is 3. The fourth-order valence-corrected chi connectivity index (χ4v) is 5.46. The summed E-state index contributed by atoms with van der Waals surface area (Å²) in [6.07, 6.45) is 0. The van der Waals surface area contributed by atoms with Gasteiger partial charge in [-0.05, 0) is 62.6 Å². The maximum Gasteiger partial charge on any atom is 0.149 e. The summed E-state index contributed by atoms with van der Waals surface area (Å²) in [4.78, 5) is 10.2. The molecule has 0 fully saturated rings. The van der Waals surface area contributed by atoms with E-state index in [9.17, 15) is 0 Å². The first-order valence-corrected chi connectivity index (χ1v) is 11.2. The minimum Gasteiger partial charge on any atom is -0.276 e. The third-order valence-electron chi connectivity index (χ3n) is 6.91. The van der Waals surface area contributed by atoms with Gasteiger partial charge in [0, 0.05) is 10.9 Å². The standard InChI is InChI=1S/C30H17N3/c1-2-9-24-23(8-1)30-32-25-10-3-4-11-26(25)33(30)29(31-24)22-17-15-20-13-12-18-6-5-7-19-14-16-21(22)28(20)27(18)19/h1-17H. The number of rotatable bonds is 1. The summed E-state index contributed by atoms with van der Waals surface area (Å²) < 4.78 is 2.23. The molecule has 0 bridgehead atoms. The largest absolute Gasteiger partial charge is 0.276 e. The van der Waals surface area contributed by atoms with Crippen LogP contribution in [0, 0.1) is 0 Å². The minimum atomic E-state index is 0.926. The highest BCUT2D eigenvalue weighted by Gasteiger charge is 2.18. The maximum atomic E-state index is 5.20. The van der Waals surface area contributed by atoms with Crippen molar-refractivity contribution in [3.05, 3.63) is 103 Å². The van der Waals surface area contributed by atoms with E-state index in [1.54, 1.807) is 0 Å². The van der Waals surface area contributed by atoms with E-state index in [2.05, 4.69) is 95.4 Å². The van der Waals surface area contributed by atoms with Gasteiger partial charge in [-0.25, -0.2) is 9.97 Å². The van der Waals surface area contributed by atoms with Crippen molar-refractivity contribution in [2.24, 2.45) is 0 Å². The first-order chi connectivity index (χ1) is 16.4. The van der Waals surface area contributed by atoms with Gasteiger partial charge in [-0.3, -0.25) is 4.40 Å². The molecule has 0 unspecified atom stereocenters. The molecule has 0 aliphatic rings. The summed E-state index contributed by atoms with van der Waals surface area (Å²) in [5.41, 5.74) is 5.09. The first kappa shape index (κ1) is 17.1. The maximum absolute atomic E-state index is 5.20. The molecule has 0 saturated heterocycles. The van der Waals surface area contributed by atoms with E-state index in [1.165, 1.54) is 32.3 Å². The van der Waals surface area contributed by atoms with Crippen molar-refractivity contribution in [2.45, 2.75) is 0 Å². The van der Waals surface area contributed by atoms with Crippen molar-refractivity contribution in [1.82, 2.24) is 14.4 Å². The smallest absolute Gasteiger partial charge is 0.149 e. The fraction of sp³-hybridized carbons (Fsp3) is 0. The Bertz CT molecular complexity index is 2020. The molecule has 33 heavy (non-hydrogen) atoms. The van der Waals surface area contributed by atoms with E-state index >= 15 is 0 Å². The molecule has 152 valence electrons. The molecule has 0 saturated carbocycles. The molecular weight excluding hydrogens is 402 g/mol. The lowest BCUT2D eigenvalue weighted by Gasteiger charge is -2.15. The Morgan fingerprint density at radius 3 is 2.06 bits per heavy atom. The molecule has 0 spiro atoms. The second kappa shape index (κ2) is 6.05. The molecule has 8 rings (SSSR count). The molecule has 0 aliphatic carbocycles. The van der Waals surface area contributed by atoms with Gasteiger partial charge in [-0.1, -0.05) is 72.8 Å². The number of hydrogen-bond donors (Lipinski definition) is 0. The molecule has 0 N–H and O–H groups in total. The van der Waals surface area contributed by atoms with Crippen LogP contribution >= 0.6 is 0 Å². The Labute approximate surface area is 188 Å². The average Bonchev–Trinajstić information content (AvgIpc) is 3.27. The highest BCUT2D eigenvalue weighted by atomic mass is 15.1. The van der Waals surface area contributed by atoms with Crippen LogP contribution in [0.2, 0.25) is 0 Å². The van der Waals surface area contributed by atoms with E-state index in [-0.39, 0.29) is 0 Å².